The topological polar surface area (TPSA) is 69.3 Å². The molecule has 0 aromatic carbocycles. The second-order valence-corrected chi connectivity index (χ2v) is 6.17. The van der Waals surface area contributed by atoms with Gasteiger partial charge in [0.2, 0.25) is 5.91 Å². The molecule has 0 radical (unpaired) electrons. The molecule has 6 heteroatoms. The number of hydrogen-bond acceptors (Lipinski definition) is 4. The average Bonchev–Trinajstić information content (AvgIpc) is 3.21. The van der Waals surface area contributed by atoms with E-state index in [4.69, 9.17) is 9.15 Å². The molecule has 1 N–H and O–H groups in total. The van der Waals surface area contributed by atoms with Gasteiger partial charge in [-0.15, -0.1) is 0 Å². The summed E-state index contributed by atoms with van der Waals surface area (Å²) >= 11 is 0. The molecule has 1 amide bonds. The number of hydrogen-bond donors (Lipinski definition) is 1. The van der Waals surface area contributed by atoms with Crippen molar-refractivity contribution in [1.82, 2.24) is 15.1 Å². The monoisotopic (exact) mass is 317 g/mol. The minimum absolute atomic E-state index is 0.00249. The van der Waals surface area contributed by atoms with Crippen LogP contribution in [0.25, 0.3) is 0 Å². The number of furan rings is 1. The Morgan fingerprint density at radius 3 is 2.83 bits per heavy atom. The molecule has 6 nitrogen and oxygen atoms in total. The van der Waals surface area contributed by atoms with Crippen molar-refractivity contribution in [1.29, 1.82) is 0 Å². The maximum Gasteiger partial charge on any atom is 0.226 e. The standard InChI is InChI=1S/C17H23N3O3/c1-10-5-6-15(23-10)11(2)19-17(21)13-7-8-22-16(13)14-9-18-20(4)12(14)3/h5-6,9,11,13,16H,7-8H2,1-4H3,(H,19,21)/t11-,13+,16+/m1/s1. The van der Waals surface area contributed by atoms with E-state index in [1.165, 1.54) is 0 Å². The summed E-state index contributed by atoms with van der Waals surface area (Å²) in [6, 6.07) is 3.64. The van der Waals surface area contributed by atoms with Crippen LogP contribution in [0.3, 0.4) is 0 Å². The maximum absolute atomic E-state index is 12.7. The lowest BCUT2D eigenvalue weighted by molar-refractivity contribution is -0.127. The molecule has 1 fully saturated rings. The summed E-state index contributed by atoms with van der Waals surface area (Å²) in [6.07, 6.45) is 2.29. The molecular formula is C17H23N3O3. The Bertz CT molecular complexity index is 704. The van der Waals surface area contributed by atoms with Crippen molar-refractivity contribution in [3.63, 3.8) is 0 Å². The number of nitrogens with one attached hydrogen (secondary N) is 1. The Morgan fingerprint density at radius 1 is 1.43 bits per heavy atom. The van der Waals surface area contributed by atoms with Gasteiger partial charge in [0.15, 0.2) is 0 Å². The predicted molar refractivity (Wildman–Crippen MR) is 84.7 cm³/mol. The van der Waals surface area contributed by atoms with E-state index in [0.29, 0.717) is 6.61 Å². The van der Waals surface area contributed by atoms with E-state index in [1.807, 2.05) is 40.0 Å². The summed E-state index contributed by atoms with van der Waals surface area (Å²) in [6.45, 7) is 6.40. The van der Waals surface area contributed by atoms with Gasteiger partial charge in [0.05, 0.1) is 24.3 Å². The third-order valence-corrected chi connectivity index (χ3v) is 4.55. The minimum atomic E-state index is -0.228. The Balaban J connectivity index is 1.72. The van der Waals surface area contributed by atoms with Crippen molar-refractivity contribution >= 4 is 5.91 Å². The van der Waals surface area contributed by atoms with Gasteiger partial charge in [-0.25, -0.2) is 0 Å². The van der Waals surface area contributed by atoms with Gasteiger partial charge >= 0.3 is 0 Å². The fraction of sp³-hybridized carbons (Fsp3) is 0.529. The van der Waals surface area contributed by atoms with E-state index in [2.05, 4.69) is 10.4 Å². The zero-order chi connectivity index (χ0) is 16.6. The molecule has 1 aliphatic rings. The van der Waals surface area contributed by atoms with Gasteiger partial charge in [0.1, 0.15) is 11.5 Å². The number of ether oxygens (including phenoxy) is 1. The number of aromatic nitrogens is 2. The third kappa shape index (κ3) is 3.03. The molecular weight excluding hydrogens is 294 g/mol. The summed E-state index contributed by atoms with van der Waals surface area (Å²) in [5.41, 5.74) is 2.02. The van der Waals surface area contributed by atoms with Crippen LogP contribution < -0.4 is 5.32 Å². The molecule has 0 bridgehead atoms. The Hall–Kier alpha value is -2.08. The molecule has 2 aromatic heterocycles. The highest BCUT2D eigenvalue weighted by Gasteiger charge is 2.37. The van der Waals surface area contributed by atoms with Crippen LogP contribution in [0.2, 0.25) is 0 Å². The minimum Gasteiger partial charge on any atom is -0.464 e. The van der Waals surface area contributed by atoms with Gasteiger partial charge in [-0.3, -0.25) is 9.48 Å². The number of nitrogens with zero attached hydrogens (tertiary/aromatic N) is 2. The highest BCUT2D eigenvalue weighted by molar-refractivity contribution is 5.80. The maximum atomic E-state index is 12.7. The summed E-state index contributed by atoms with van der Waals surface area (Å²) < 4.78 is 13.2. The van der Waals surface area contributed by atoms with E-state index in [0.717, 1.165) is 29.2 Å². The highest BCUT2D eigenvalue weighted by Crippen LogP contribution is 2.36. The first kappa shape index (κ1) is 15.8. The van der Waals surface area contributed by atoms with Crippen LogP contribution in [0.5, 0.6) is 0 Å². The second-order valence-electron chi connectivity index (χ2n) is 6.17. The number of carbonyl (C=O) groups is 1. The molecule has 0 saturated carbocycles. The van der Waals surface area contributed by atoms with Crippen LogP contribution in [0.1, 0.15) is 48.3 Å². The normalized spacial score (nSPS) is 22.3. The number of aryl methyl sites for hydroxylation is 2. The smallest absolute Gasteiger partial charge is 0.226 e. The summed E-state index contributed by atoms with van der Waals surface area (Å²) in [5.74, 6) is 1.41. The van der Waals surface area contributed by atoms with Crippen LogP contribution in [0.15, 0.2) is 22.7 Å². The highest BCUT2D eigenvalue weighted by atomic mass is 16.5. The molecule has 3 heterocycles. The summed E-state index contributed by atoms with van der Waals surface area (Å²) in [7, 11) is 1.89. The van der Waals surface area contributed by atoms with Gasteiger partial charge in [0.25, 0.3) is 0 Å². The molecule has 0 aliphatic carbocycles. The first-order chi connectivity index (χ1) is 11.0. The van der Waals surface area contributed by atoms with Crippen molar-refractivity contribution in [3.8, 4) is 0 Å². The van der Waals surface area contributed by atoms with E-state index in [1.54, 1.807) is 10.9 Å². The second kappa shape index (κ2) is 6.20. The molecule has 124 valence electrons. The van der Waals surface area contributed by atoms with Gasteiger partial charge in [0, 0.05) is 24.9 Å². The van der Waals surface area contributed by atoms with E-state index >= 15 is 0 Å². The SMILES string of the molecule is Cc1ccc([C@@H](C)NC(=O)[C@H]2CCO[C@@H]2c2cnn(C)c2C)o1. The average molecular weight is 317 g/mol. The molecule has 1 aliphatic heterocycles. The lowest BCUT2D eigenvalue weighted by Gasteiger charge is -2.20. The number of amides is 1. The molecule has 1 saturated heterocycles. The van der Waals surface area contributed by atoms with Crippen LogP contribution in [-0.2, 0) is 16.6 Å². The fourth-order valence-electron chi connectivity index (χ4n) is 3.04. The van der Waals surface area contributed by atoms with Crippen LogP contribution in [0, 0.1) is 19.8 Å². The lowest BCUT2D eigenvalue weighted by atomic mass is 9.94. The van der Waals surface area contributed by atoms with E-state index < -0.39 is 0 Å². The lowest BCUT2D eigenvalue weighted by Crippen LogP contribution is -2.34. The molecule has 3 atom stereocenters. The molecule has 3 rings (SSSR count). The molecule has 0 unspecified atom stereocenters. The van der Waals surface area contributed by atoms with Gasteiger partial charge in [-0.2, -0.15) is 5.10 Å². The van der Waals surface area contributed by atoms with Gasteiger partial charge < -0.3 is 14.5 Å². The Kier molecular flexibility index (Phi) is 4.26. The largest absolute Gasteiger partial charge is 0.464 e. The quantitative estimate of drug-likeness (QED) is 0.941. The first-order valence-corrected chi connectivity index (χ1v) is 7.94. The Morgan fingerprint density at radius 2 is 2.22 bits per heavy atom. The van der Waals surface area contributed by atoms with Crippen molar-refractivity contribution < 1.29 is 13.9 Å². The first-order valence-electron chi connectivity index (χ1n) is 7.94. The zero-order valence-corrected chi connectivity index (χ0v) is 14.0. The van der Waals surface area contributed by atoms with E-state index in [-0.39, 0.29) is 24.0 Å². The van der Waals surface area contributed by atoms with Crippen molar-refractivity contribution in [2.45, 2.75) is 39.3 Å². The van der Waals surface area contributed by atoms with Crippen LogP contribution >= 0.6 is 0 Å². The van der Waals surface area contributed by atoms with Crippen molar-refractivity contribution in [2.24, 2.45) is 13.0 Å². The van der Waals surface area contributed by atoms with Gasteiger partial charge in [-0.05, 0) is 39.3 Å². The number of carbonyl (C=O) groups excluding carboxylic acids is 1. The fourth-order valence-corrected chi connectivity index (χ4v) is 3.04. The van der Waals surface area contributed by atoms with Crippen molar-refractivity contribution in [2.75, 3.05) is 6.61 Å². The summed E-state index contributed by atoms with van der Waals surface area (Å²) in [4.78, 5) is 12.7. The van der Waals surface area contributed by atoms with Crippen molar-refractivity contribution in [3.05, 3.63) is 41.1 Å². The van der Waals surface area contributed by atoms with E-state index in [9.17, 15) is 4.79 Å². The van der Waals surface area contributed by atoms with Gasteiger partial charge in [-0.1, -0.05) is 0 Å². The molecule has 0 spiro atoms. The molecule has 23 heavy (non-hydrogen) atoms. The summed E-state index contributed by atoms with van der Waals surface area (Å²) in [5, 5.41) is 7.29. The van der Waals surface area contributed by atoms with Crippen LogP contribution in [-0.4, -0.2) is 22.3 Å². The Labute approximate surface area is 135 Å². The van der Waals surface area contributed by atoms with Crippen LogP contribution in [0.4, 0.5) is 0 Å². The molecule has 2 aromatic rings. The third-order valence-electron chi connectivity index (χ3n) is 4.55. The zero-order valence-electron chi connectivity index (χ0n) is 14.0. The number of rotatable bonds is 4. The predicted octanol–water partition coefficient (Wildman–Crippen LogP) is 2.58.